The van der Waals surface area contributed by atoms with Gasteiger partial charge in [-0.15, -0.1) is 0 Å². The molecule has 0 bridgehead atoms. The lowest BCUT2D eigenvalue weighted by atomic mass is 10.1. The van der Waals surface area contributed by atoms with Crippen LogP contribution in [0.4, 0.5) is 13.2 Å². The van der Waals surface area contributed by atoms with Crippen LogP contribution in [0.3, 0.4) is 0 Å². The molecule has 94 valence electrons. The zero-order chi connectivity index (χ0) is 13.1. The van der Waals surface area contributed by atoms with Crippen molar-refractivity contribution in [2.24, 2.45) is 0 Å². The lowest BCUT2D eigenvalue weighted by Crippen LogP contribution is -2.10. The minimum atomic E-state index is -4.50. The Kier molecular flexibility index (Phi) is 4.17. The normalized spacial score (nSPS) is 11.4. The maximum atomic E-state index is 12.7. The number of halogens is 3. The molecule has 2 nitrogen and oxygen atoms in total. The number of benzene rings is 1. The van der Waals surface area contributed by atoms with Crippen molar-refractivity contribution < 1.29 is 23.0 Å². The fourth-order valence-corrected chi connectivity index (χ4v) is 1.22. The van der Waals surface area contributed by atoms with Crippen LogP contribution in [-0.4, -0.2) is 11.7 Å². The quantitative estimate of drug-likeness (QED) is 0.827. The molecule has 0 saturated heterocycles. The van der Waals surface area contributed by atoms with Gasteiger partial charge in [-0.25, -0.2) is 0 Å². The summed E-state index contributed by atoms with van der Waals surface area (Å²) in [5.41, 5.74) is -0.0605. The molecule has 5 heteroatoms. The number of alkyl halides is 3. The molecule has 0 aliphatic rings. The Morgan fingerprint density at radius 1 is 1.41 bits per heavy atom. The van der Waals surface area contributed by atoms with Gasteiger partial charge in [0.2, 0.25) is 0 Å². The zero-order valence-electron chi connectivity index (χ0n) is 9.34. The Morgan fingerprint density at radius 2 is 2.06 bits per heavy atom. The van der Waals surface area contributed by atoms with E-state index in [1.165, 1.54) is 12.1 Å². The van der Waals surface area contributed by atoms with E-state index >= 15 is 0 Å². The highest BCUT2D eigenvalue weighted by atomic mass is 19.4. The van der Waals surface area contributed by atoms with Crippen molar-refractivity contribution in [2.75, 3.05) is 6.61 Å². The van der Waals surface area contributed by atoms with Gasteiger partial charge in [0.15, 0.2) is 0 Å². The molecule has 1 N–H and O–H groups in total. The lowest BCUT2D eigenvalue weighted by molar-refractivity contribution is -0.139. The third kappa shape index (κ3) is 3.78. The first-order valence-corrected chi connectivity index (χ1v) is 4.92. The summed E-state index contributed by atoms with van der Waals surface area (Å²) < 4.78 is 43.1. The smallest absolute Gasteiger partial charge is 0.419 e. The van der Waals surface area contributed by atoms with Gasteiger partial charge in [0.1, 0.15) is 12.4 Å². The van der Waals surface area contributed by atoms with Crippen LogP contribution in [0, 0.1) is 0 Å². The van der Waals surface area contributed by atoms with Crippen molar-refractivity contribution in [3.63, 3.8) is 0 Å². The molecule has 0 saturated carbocycles. The Balaban J connectivity index is 3.07. The molecular formula is C12H13F3O2. The molecule has 0 heterocycles. The first-order chi connectivity index (χ1) is 7.84. The van der Waals surface area contributed by atoms with Crippen molar-refractivity contribution in [3.05, 3.63) is 41.5 Å². The molecule has 0 fully saturated rings. The second-order valence-electron chi connectivity index (χ2n) is 3.73. The molecule has 0 unspecified atom stereocenters. The van der Waals surface area contributed by atoms with Gasteiger partial charge in [-0.05, 0) is 30.2 Å². The summed E-state index contributed by atoms with van der Waals surface area (Å²) in [6, 6.07) is 3.48. The van der Waals surface area contributed by atoms with E-state index in [1.807, 2.05) is 0 Å². The average Bonchev–Trinajstić information content (AvgIpc) is 2.24. The third-order valence-electron chi connectivity index (χ3n) is 2.01. The molecule has 0 aliphatic heterocycles. The fourth-order valence-electron chi connectivity index (χ4n) is 1.22. The van der Waals surface area contributed by atoms with Gasteiger partial charge in [-0.2, -0.15) is 13.2 Å². The van der Waals surface area contributed by atoms with Crippen molar-refractivity contribution in [1.29, 1.82) is 0 Å². The van der Waals surface area contributed by atoms with Crippen molar-refractivity contribution in [2.45, 2.75) is 19.7 Å². The number of aliphatic hydroxyl groups is 1. The molecule has 1 aromatic rings. The van der Waals surface area contributed by atoms with Crippen LogP contribution in [-0.2, 0) is 12.8 Å². The first-order valence-electron chi connectivity index (χ1n) is 4.92. The van der Waals surface area contributed by atoms with Gasteiger partial charge in [0.05, 0.1) is 12.2 Å². The van der Waals surface area contributed by atoms with E-state index in [-0.39, 0.29) is 17.9 Å². The zero-order valence-corrected chi connectivity index (χ0v) is 9.34. The fraction of sp³-hybridized carbons (Fsp3) is 0.333. The highest BCUT2D eigenvalue weighted by Crippen LogP contribution is 2.36. The van der Waals surface area contributed by atoms with Crippen LogP contribution in [0.15, 0.2) is 30.4 Å². The monoisotopic (exact) mass is 246 g/mol. The molecule has 0 amide bonds. The largest absolute Gasteiger partial charge is 0.489 e. The van der Waals surface area contributed by atoms with Crippen LogP contribution in [0.25, 0.3) is 0 Å². The average molecular weight is 246 g/mol. The van der Waals surface area contributed by atoms with Crippen molar-refractivity contribution in [3.8, 4) is 5.75 Å². The Bertz CT molecular complexity index is 411. The molecule has 0 spiro atoms. The molecule has 17 heavy (non-hydrogen) atoms. The Morgan fingerprint density at radius 3 is 2.53 bits per heavy atom. The molecule has 0 aliphatic carbocycles. The van der Waals surface area contributed by atoms with Gasteiger partial charge in [0.25, 0.3) is 0 Å². The number of ether oxygens (including phenoxy) is 1. The van der Waals surface area contributed by atoms with Crippen LogP contribution < -0.4 is 4.74 Å². The summed E-state index contributed by atoms with van der Waals surface area (Å²) in [6.45, 7) is 4.80. The summed E-state index contributed by atoms with van der Waals surface area (Å²) >= 11 is 0. The minimum Gasteiger partial charge on any atom is -0.489 e. The molecular weight excluding hydrogens is 233 g/mol. The topological polar surface area (TPSA) is 29.5 Å². The van der Waals surface area contributed by atoms with Crippen LogP contribution in [0.5, 0.6) is 5.75 Å². The standard InChI is InChI=1S/C12H13F3O2/c1-8(2)7-17-11-4-3-9(6-16)5-10(11)12(13,14)15/h3-5,16H,1,6-7H2,2H3. The van der Waals surface area contributed by atoms with Gasteiger partial charge in [-0.1, -0.05) is 12.6 Å². The van der Waals surface area contributed by atoms with E-state index in [1.54, 1.807) is 6.92 Å². The molecule has 1 rings (SSSR count). The molecule has 1 aromatic carbocycles. The van der Waals surface area contributed by atoms with Gasteiger partial charge in [-0.3, -0.25) is 0 Å². The highest BCUT2D eigenvalue weighted by Gasteiger charge is 2.34. The summed E-state index contributed by atoms with van der Waals surface area (Å²) in [6.07, 6.45) is -4.50. The van der Waals surface area contributed by atoms with Crippen LogP contribution in [0.1, 0.15) is 18.1 Å². The third-order valence-corrected chi connectivity index (χ3v) is 2.01. The van der Waals surface area contributed by atoms with E-state index in [4.69, 9.17) is 9.84 Å². The van der Waals surface area contributed by atoms with Gasteiger partial charge < -0.3 is 9.84 Å². The highest BCUT2D eigenvalue weighted by molar-refractivity contribution is 5.39. The van der Waals surface area contributed by atoms with Gasteiger partial charge in [0, 0.05) is 0 Å². The van der Waals surface area contributed by atoms with Gasteiger partial charge >= 0.3 is 6.18 Å². The van der Waals surface area contributed by atoms with E-state index < -0.39 is 18.3 Å². The van der Waals surface area contributed by atoms with E-state index in [2.05, 4.69) is 6.58 Å². The number of hydrogen-bond acceptors (Lipinski definition) is 2. The van der Waals surface area contributed by atoms with E-state index in [0.29, 0.717) is 5.57 Å². The first kappa shape index (κ1) is 13.6. The maximum Gasteiger partial charge on any atom is 0.419 e. The van der Waals surface area contributed by atoms with Crippen LogP contribution >= 0.6 is 0 Å². The van der Waals surface area contributed by atoms with Crippen molar-refractivity contribution in [1.82, 2.24) is 0 Å². The Hall–Kier alpha value is -1.49. The predicted octanol–water partition coefficient (Wildman–Crippen LogP) is 3.15. The van der Waals surface area contributed by atoms with E-state index in [0.717, 1.165) is 6.07 Å². The molecule has 0 aromatic heterocycles. The minimum absolute atomic E-state index is 0.0293. The summed E-state index contributed by atoms with van der Waals surface area (Å²) in [7, 11) is 0. The lowest BCUT2D eigenvalue weighted by Gasteiger charge is -2.14. The Labute approximate surface area is 97.3 Å². The van der Waals surface area contributed by atoms with Crippen molar-refractivity contribution >= 4 is 0 Å². The summed E-state index contributed by atoms with van der Waals surface area (Å²) in [4.78, 5) is 0. The molecule has 0 radical (unpaired) electrons. The SMILES string of the molecule is C=C(C)COc1ccc(CO)cc1C(F)(F)F. The number of aliphatic hydroxyl groups excluding tert-OH is 1. The molecule has 0 atom stereocenters. The second kappa shape index (κ2) is 5.23. The summed E-state index contributed by atoms with van der Waals surface area (Å²) in [5, 5.41) is 8.81. The predicted molar refractivity (Wildman–Crippen MR) is 57.7 cm³/mol. The second-order valence-corrected chi connectivity index (χ2v) is 3.73. The number of hydrogen-bond donors (Lipinski definition) is 1. The number of rotatable bonds is 4. The van der Waals surface area contributed by atoms with E-state index in [9.17, 15) is 13.2 Å². The maximum absolute atomic E-state index is 12.7. The summed E-state index contributed by atoms with van der Waals surface area (Å²) in [5.74, 6) is -0.252. The van der Waals surface area contributed by atoms with Crippen LogP contribution in [0.2, 0.25) is 0 Å².